The van der Waals surface area contributed by atoms with Crippen LogP contribution in [-0.4, -0.2) is 73.9 Å². The van der Waals surface area contributed by atoms with Gasteiger partial charge in [-0.05, 0) is 31.3 Å². The second kappa shape index (κ2) is 8.43. The van der Waals surface area contributed by atoms with Gasteiger partial charge in [0.15, 0.2) is 5.78 Å². The number of piperazine rings is 1. The molecule has 0 spiro atoms. The third-order valence-corrected chi connectivity index (χ3v) is 5.76. The average molecular weight is 429 g/mol. The van der Waals surface area contributed by atoms with Gasteiger partial charge in [-0.2, -0.15) is 0 Å². The van der Waals surface area contributed by atoms with E-state index >= 15 is 0 Å². The summed E-state index contributed by atoms with van der Waals surface area (Å²) < 4.78 is 1.65. The molecule has 5 heterocycles. The molecule has 1 fully saturated rings. The van der Waals surface area contributed by atoms with Gasteiger partial charge in [0.05, 0.1) is 24.3 Å². The lowest BCUT2D eigenvalue weighted by atomic mass is 10.1. The summed E-state index contributed by atoms with van der Waals surface area (Å²) in [6, 6.07) is 7.70. The first-order valence-electron chi connectivity index (χ1n) is 10.6. The van der Waals surface area contributed by atoms with Gasteiger partial charge in [-0.1, -0.05) is 5.21 Å². The fourth-order valence-corrected chi connectivity index (χ4v) is 3.83. The summed E-state index contributed by atoms with van der Waals surface area (Å²) in [5, 5.41) is 9.02. The molecule has 32 heavy (non-hydrogen) atoms. The molecule has 9 heteroatoms. The fourth-order valence-electron chi connectivity index (χ4n) is 3.83. The number of pyridine rings is 3. The van der Waals surface area contributed by atoms with Crippen LogP contribution in [0.1, 0.15) is 16.1 Å². The highest BCUT2D eigenvalue weighted by molar-refractivity contribution is 5.97. The zero-order valence-corrected chi connectivity index (χ0v) is 18.1. The summed E-state index contributed by atoms with van der Waals surface area (Å²) in [4.78, 5) is 30.8. The monoisotopic (exact) mass is 428 g/mol. The first kappa shape index (κ1) is 20.2. The van der Waals surface area contributed by atoms with E-state index in [2.05, 4.69) is 42.1 Å². The number of anilines is 1. The van der Waals surface area contributed by atoms with E-state index in [0.29, 0.717) is 11.3 Å². The number of aromatic nitrogens is 6. The lowest BCUT2D eigenvalue weighted by Crippen LogP contribution is -2.44. The molecule has 0 bridgehead atoms. The van der Waals surface area contributed by atoms with Crippen LogP contribution in [0.3, 0.4) is 0 Å². The molecule has 0 amide bonds. The van der Waals surface area contributed by atoms with Crippen LogP contribution in [0.4, 0.5) is 5.82 Å². The van der Waals surface area contributed by atoms with Gasteiger partial charge in [-0.15, -0.1) is 5.10 Å². The lowest BCUT2D eigenvalue weighted by Gasteiger charge is -2.33. The Balaban J connectivity index is 1.31. The number of carbonyl (C=O) groups is 1. The zero-order valence-electron chi connectivity index (χ0n) is 18.1. The van der Waals surface area contributed by atoms with Crippen molar-refractivity contribution in [3.05, 3.63) is 60.3 Å². The number of likely N-dealkylation sites (N-methyl/N-ethyl adjacent to an activating group) is 1. The number of fused-ring (bicyclic) bond motifs is 1. The number of aryl methyl sites for hydroxylation is 1. The maximum Gasteiger partial charge on any atom is 0.170 e. The van der Waals surface area contributed by atoms with Crippen molar-refractivity contribution in [2.75, 3.05) is 38.1 Å². The van der Waals surface area contributed by atoms with Crippen LogP contribution >= 0.6 is 0 Å². The Morgan fingerprint density at radius 3 is 2.53 bits per heavy atom. The molecule has 5 rings (SSSR count). The molecule has 1 saturated heterocycles. The molecule has 4 aromatic heterocycles. The van der Waals surface area contributed by atoms with E-state index in [1.807, 2.05) is 37.5 Å². The number of rotatable bonds is 5. The van der Waals surface area contributed by atoms with Gasteiger partial charge in [0.1, 0.15) is 11.5 Å². The van der Waals surface area contributed by atoms with Gasteiger partial charge in [-0.25, -0.2) is 4.98 Å². The third-order valence-electron chi connectivity index (χ3n) is 5.76. The van der Waals surface area contributed by atoms with E-state index < -0.39 is 0 Å². The number of Topliss-reactive ketones (excluding diaryl/α,β-unsaturated/α-hetero) is 1. The number of hydrogen-bond acceptors (Lipinski definition) is 8. The number of hydrogen-bond donors (Lipinski definition) is 0. The first-order chi connectivity index (χ1) is 15.5. The summed E-state index contributed by atoms with van der Waals surface area (Å²) in [6.45, 7) is 3.93. The number of ketones is 1. The van der Waals surface area contributed by atoms with Gasteiger partial charge in [-0.3, -0.25) is 19.4 Å². The van der Waals surface area contributed by atoms with Crippen molar-refractivity contribution in [2.24, 2.45) is 7.05 Å². The van der Waals surface area contributed by atoms with Crippen LogP contribution in [0.15, 0.2) is 49.1 Å². The Morgan fingerprint density at radius 2 is 1.81 bits per heavy atom. The Hall–Kier alpha value is -3.72. The van der Waals surface area contributed by atoms with Crippen LogP contribution in [0, 0.1) is 0 Å². The molecule has 162 valence electrons. The fraction of sp³-hybridized carbons (Fsp3) is 0.304. The Labute approximate surface area is 185 Å². The molecule has 1 aliphatic heterocycles. The molecular formula is C23H24N8O. The molecule has 9 nitrogen and oxygen atoms in total. The van der Waals surface area contributed by atoms with E-state index in [9.17, 15) is 4.79 Å². The van der Waals surface area contributed by atoms with Crippen molar-refractivity contribution in [1.82, 2.24) is 34.8 Å². The maximum absolute atomic E-state index is 12.8. The molecule has 0 aromatic carbocycles. The zero-order chi connectivity index (χ0) is 22.1. The first-order valence-corrected chi connectivity index (χ1v) is 10.6. The molecule has 0 N–H and O–H groups in total. The minimum Gasteiger partial charge on any atom is -0.354 e. The van der Waals surface area contributed by atoms with E-state index in [0.717, 1.165) is 54.2 Å². The molecule has 0 radical (unpaired) electrons. The molecule has 1 aliphatic rings. The molecule has 4 aromatic rings. The van der Waals surface area contributed by atoms with Crippen molar-refractivity contribution in [1.29, 1.82) is 0 Å². The molecule has 0 unspecified atom stereocenters. The standard InChI is InChI=1S/C23H24N8O/c1-29-5-7-31(8-6-29)23-4-3-16(12-26-23)22(32)11-19-10-17-9-18(13-25-20(17)14-24-19)21-15-30(2)28-27-21/h3-4,9-10,12-15H,5-8,11H2,1-2H3. The van der Waals surface area contributed by atoms with Crippen LogP contribution in [0.2, 0.25) is 0 Å². The second-order valence-electron chi connectivity index (χ2n) is 8.17. The van der Waals surface area contributed by atoms with E-state index in [1.165, 1.54) is 0 Å². The minimum atomic E-state index is -0.00711. The van der Waals surface area contributed by atoms with E-state index in [1.54, 1.807) is 23.3 Å². The quantitative estimate of drug-likeness (QED) is 0.446. The van der Waals surface area contributed by atoms with Crippen LogP contribution in [-0.2, 0) is 13.5 Å². The van der Waals surface area contributed by atoms with Gasteiger partial charge in [0.2, 0.25) is 0 Å². The Bertz CT molecular complexity index is 1260. The van der Waals surface area contributed by atoms with Crippen molar-refractivity contribution < 1.29 is 4.79 Å². The van der Waals surface area contributed by atoms with E-state index in [4.69, 9.17) is 0 Å². The summed E-state index contributed by atoms with van der Waals surface area (Å²) in [7, 11) is 3.95. The summed E-state index contributed by atoms with van der Waals surface area (Å²) in [5.74, 6) is 0.911. The molecule has 0 saturated carbocycles. The normalized spacial score (nSPS) is 14.8. The Morgan fingerprint density at radius 1 is 0.969 bits per heavy atom. The van der Waals surface area contributed by atoms with Gasteiger partial charge in [0.25, 0.3) is 0 Å². The highest BCUT2D eigenvalue weighted by Crippen LogP contribution is 2.21. The van der Waals surface area contributed by atoms with Crippen molar-refractivity contribution in [2.45, 2.75) is 6.42 Å². The molecule has 0 atom stereocenters. The smallest absolute Gasteiger partial charge is 0.170 e. The second-order valence-corrected chi connectivity index (χ2v) is 8.17. The van der Waals surface area contributed by atoms with Gasteiger partial charge >= 0.3 is 0 Å². The predicted octanol–water partition coefficient (Wildman–Crippen LogP) is 2.00. The van der Waals surface area contributed by atoms with Crippen molar-refractivity contribution in [3.63, 3.8) is 0 Å². The van der Waals surface area contributed by atoms with Crippen LogP contribution < -0.4 is 4.90 Å². The topological polar surface area (TPSA) is 92.9 Å². The average Bonchev–Trinajstić information content (AvgIpc) is 3.25. The highest BCUT2D eigenvalue weighted by atomic mass is 16.1. The molecular weight excluding hydrogens is 404 g/mol. The third kappa shape index (κ3) is 4.19. The van der Waals surface area contributed by atoms with E-state index in [-0.39, 0.29) is 12.2 Å². The van der Waals surface area contributed by atoms with Crippen molar-refractivity contribution in [3.8, 4) is 11.3 Å². The molecule has 0 aliphatic carbocycles. The summed E-state index contributed by atoms with van der Waals surface area (Å²) in [5.41, 5.74) is 3.69. The highest BCUT2D eigenvalue weighted by Gasteiger charge is 2.16. The predicted molar refractivity (Wildman–Crippen MR) is 122 cm³/mol. The van der Waals surface area contributed by atoms with Crippen LogP contribution in [0.5, 0.6) is 0 Å². The minimum absolute atomic E-state index is 0.00711. The summed E-state index contributed by atoms with van der Waals surface area (Å²) >= 11 is 0. The van der Waals surface area contributed by atoms with Gasteiger partial charge in [0, 0.05) is 67.8 Å². The SMILES string of the molecule is CN1CCN(c2ccc(C(=O)Cc3cc4cc(-c5cn(C)nn5)cnc4cn3)cn2)CC1. The lowest BCUT2D eigenvalue weighted by molar-refractivity contribution is 0.0991. The number of nitrogens with zero attached hydrogens (tertiary/aromatic N) is 8. The maximum atomic E-state index is 12.8. The number of carbonyl (C=O) groups excluding carboxylic acids is 1. The largest absolute Gasteiger partial charge is 0.354 e. The van der Waals surface area contributed by atoms with Crippen LogP contribution in [0.25, 0.3) is 22.2 Å². The van der Waals surface area contributed by atoms with Crippen molar-refractivity contribution >= 4 is 22.5 Å². The van der Waals surface area contributed by atoms with Gasteiger partial charge < -0.3 is 9.80 Å². The Kier molecular flexibility index (Phi) is 5.32. The summed E-state index contributed by atoms with van der Waals surface area (Å²) in [6.07, 6.45) is 7.18.